The van der Waals surface area contributed by atoms with E-state index in [1.807, 2.05) is 49.4 Å². The third-order valence-electron chi connectivity index (χ3n) is 4.23. The number of carbonyl (C=O) groups excluding carboxylic acids is 2. The summed E-state index contributed by atoms with van der Waals surface area (Å²) < 4.78 is 10.4. The molecule has 3 rings (SSSR count). The minimum atomic E-state index is -0.463. The Morgan fingerprint density at radius 3 is 2.48 bits per heavy atom. The standard InChI is InChI=1S/C21H21NO4S/c1-14-4-9-19(27-14)21(24)26-13-20(23)22(2)12-15-5-6-17-11-18(25-3)8-7-16(17)10-15/h4-11H,12-13H2,1-3H3. The second-order valence-electron chi connectivity index (χ2n) is 6.28. The SMILES string of the molecule is COc1ccc2cc(CN(C)C(=O)COC(=O)c3ccc(C)s3)ccc2c1. The lowest BCUT2D eigenvalue weighted by atomic mass is 10.1. The van der Waals surface area contributed by atoms with Crippen LogP contribution in [0.3, 0.4) is 0 Å². The van der Waals surface area contributed by atoms with Crippen molar-refractivity contribution in [1.82, 2.24) is 4.90 Å². The van der Waals surface area contributed by atoms with Crippen LogP contribution < -0.4 is 4.74 Å². The third kappa shape index (κ3) is 4.65. The first-order valence-corrected chi connectivity index (χ1v) is 9.32. The molecule has 5 nitrogen and oxygen atoms in total. The maximum atomic E-state index is 12.3. The molecule has 140 valence electrons. The van der Waals surface area contributed by atoms with Gasteiger partial charge in [-0.15, -0.1) is 11.3 Å². The Labute approximate surface area is 162 Å². The monoisotopic (exact) mass is 383 g/mol. The van der Waals surface area contributed by atoms with Crippen LogP contribution in [0.15, 0.2) is 48.5 Å². The second kappa shape index (κ2) is 8.22. The van der Waals surface area contributed by atoms with E-state index >= 15 is 0 Å². The Bertz CT molecular complexity index is 979. The summed E-state index contributed by atoms with van der Waals surface area (Å²) >= 11 is 1.35. The van der Waals surface area contributed by atoms with Crippen LogP contribution in [0.25, 0.3) is 10.8 Å². The van der Waals surface area contributed by atoms with Gasteiger partial charge >= 0.3 is 5.97 Å². The molecule has 1 amide bonds. The number of aryl methyl sites for hydroxylation is 1. The van der Waals surface area contributed by atoms with Gasteiger partial charge in [0, 0.05) is 18.5 Å². The number of thiophene rings is 1. The molecule has 0 radical (unpaired) electrons. The predicted molar refractivity (Wildman–Crippen MR) is 106 cm³/mol. The predicted octanol–water partition coefficient (Wildman–Crippen LogP) is 4.03. The number of nitrogens with zero attached hydrogens (tertiary/aromatic N) is 1. The average molecular weight is 383 g/mol. The molecule has 0 bridgehead atoms. The van der Waals surface area contributed by atoms with Gasteiger partial charge in [0.25, 0.3) is 5.91 Å². The van der Waals surface area contributed by atoms with Crippen molar-refractivity contribution in [2.24, 2.45) is 0 Å². The van der Waals surface area contributed by atoms with Gasteiger partial charge in [-0.05, 0) is 53.6 Å². The summed E-state index contributed by atoms with van der Waals surface area (Å²) in [4.78, 5) is 27.3. The van der Waals surface area contributed by atoms with Crippen molar-refractivity contribution in [2.75, 3.05) is 20.8 Å². The molecule has 3 aromatic rings. The summed E-state index contributed by atoms with van der Waals surface area (Å²) in [5.74, 6) is 0.103. The molecule has 0 saturated heterocycles. The Morgan fingerprint density at radius 2 is 1.78 bits per heavy atom. The molecule has 6 heteroatoms. The van der Waals surface area contributed by atoms with E-state index in [4.69, 9.17) is 9.47 Å². The molecule has 0 fully saturated rings. The van der Waals surface area contributed by atoms with Crippen molar-refractivity contribution in [3.63, 3.8) is 0 Å². The van der Waals surface area contributed by atoms with Crippen molar-refractivity contribution >= 4 is 34.0 Å². The van der Waals surface area contributed by atoms with E-state index in [0.717, 1.165) is 27.0 Å². The number of ether oxygens (including phenoxy) is 2. The Kier molecular flexibility index (Phi) is 5.76. The quantitative estimate of drug-likeness (QED) is 0.603. The van der Waals surface area contributed by atoms with E-state index in [1.54, 1.807) is 25.1 Å². The number of esters is 1. The van der Waals surface area contributed by atoms with Gasteiger partial charge in [-0.25, -0.2) is 4.79 Å². The highest BCUT2D eigenvalue weighted by Gasteiger charge is 2.15. The zero-order valence-corrected chi connectivity index (χ0v) is 16.3. The summed E-state index contributed by atoms with van der Waals surface area (Å²) in [6.07, 6.45) is 0. The number of amides is 1. The van der Waals surface area contributed by atoms with Gasteiger partial charge in [-0.2, -0.15) is 0 Å². The topological polar surface area (TPSA) is 55.8 Å². The van der Waals surface area contributed by atoms with Gasteiger partial charge in [0.1, 0.15) is 10.6 Å². The molecule has 27 heavy (non-hydrogen) atoms. The number of rotatable bonds is 6. The first-order chi connectivity index (χ1) is 13.0. The minimum Gasteiger partial charge on any atom is -0.497 e. The molecular formula is C21H21NO4S. The summed E-state index contributed by atoms with van der Waals surface area (Å²) in [6, 6.07) is 15.5. The molecule has 2 aromatic carbocycles. The molecule has 1 heterocycles. The van der Waals surface area contributed by atoms with Crippen molar-refractivity contribution in [3.05, 3.63) is 63.8 Å². The normalized spacial score (nSPS) is 10.6. The molecule has 0 aliphatic heterocycles. The molecule has 0 aliphatic rings. The van der Waals surface area contributed by atoms with Crippen molar-refractivity contribution in [3.8, 4) is 5.75 Å². The molecule has 1 aromatic heterocycles. The molecule has 0 spiro atoms. The fourth-order valence-electron chi connectivity index (χ4n) is 2.71. The van der Waals surface area contributed by atoms with E-state index in [2.05, 4.69) is 0 Å². The van der Waals surface area contributed by atoms with Crippen LogP contribution in [0.1, 0.15) is 20.1 Å². The van der Waals surface area contributed by atoms with E-state index in [-0.39, 0.29) is 12.5 Å². The molecule has 0 aliphatic carbocycles. The Hall–Kier alpha value is -2.86. The number of likely N-dealkylation sites (N-methyl/N-ethyl adjacent to an activating group) is 1. The van der Waals surface area contributed by atoms with Crippen molar-refractivity contribution < 1.29 is 19.1 Å². The number of benzene rings is 2. The van der Waals surface area contributed by atoms with Crippen LogP contribution in [0, 0.1) is 6.92 Å². The van der Waals surface area contributed by atoms with Crippen molar-refractivity contribution in [2.45, 2.75) is 13.5 Å². The van der Waals surface area contributed by atoms with Crippen LogP contribution in [0.5, 0.6) is 5.75 Å². The second-order valence-corrected chi connectivity index (χ2v) is 7.57. The largest absolute Gasteiger partial charge is 0.497 e. The first kappa shape index (κ1) is 18.9. The number of hydrogen-bond acceptors (Lipinski definition) is 5. The Morgan fingerprint density at radius 1 is 1.04 bits per heavy atom. The molecular weight excluding hydrogens is 362 g/mol. The van der Waals surface area contributed by atoms with Gasteiger partial charge in [0.15, 0.2) is 6.61 Å². The maximum absolute atomic E-state index is 12.3. The van der Waals surface area contributed by atoms with Crippen LogP contribution in [0.2, 0.25) is 0 Å². The van der Waals surface area contributed by atoms with E-state index in [9.17, 15) is 9.59 Å². The first-order valence-electron chi connectivity index (χ1n) is 8.50. The number of carbonyl (C=O) groups is 2. The van der Waals surface area contributed by atoms with E-state index in [1.165, 1.54) is 11.3 Å². The van der Waals surface area contributed by atoms with E-state index < -0.39 is 5.97 Å². The highest BCUT2D eigenvalue weighted by molar-refractivity contribution is 7.13. The third-order valence-corrected chi connectivity index (χ3v) is 5.21. The van der Waals surface area contributed by atoms with Gasteiger partial charge < -0.3 is 14.4 Å². The molecule has 0 saturated carbocycles. The highest BCUT2D eigenvalue weighted by Crippen LogP contribution is 2.22. The maximum Gasteiger partial charge on any atom is 0.348 e. The molecule has 0 unspecified atom stereocenters. The summed E-state index contributed by atoms with van der Waals surface area (Å²) in [6.45, 7) is 2.09. The summed E-state index contributed by atoms with van der Waals surface area (Å²) in [7, 11) is 3.34. The lowest BCUT2D eigenvalue weighted by molar-refractivity contribution is -0.133. The fraction of sp³-hybridized carbons (Fsp3) is 0.238. The summed E-state index contributed by atoms with van der Waals surface area (Å²) in [5, 5.41) is 2.15. The molecule has 0 atom stereocenters. The smallest absolute Gasteiger partial charge is 0.348 e. The van der Waals surface area contributed by atoms with Crippen LogP contribution >= 0.6 is 11.3 Å². The number of methoxy groups -OCH3 is 1. The fourth-order valence-corrected chi connectivity index (χ4v) is 3.47. The summed E-state index contributed by atoms with van der Waals surface area (Å²) in [5.41, 5.74) is 1.00. The highest BCUT2D eigenvalue weighted by atomic mass is 32.1. The lowest BCUT2D eigenvalue weighted by Crippen LogP contribution is -2.30. The average Bonchev–Trinajstić information content (AvgIpc) is 3.11. The molecule has 0 N–H and O–H groups in total. The number of fused-ring (bicyclic) bond motifs is 1. The van der Waals surface area contributed by atoms with Gasteiger partial charge in [-0.3, -0.25) is 4.79 Å². The van der Waals surface area contributed by atoms with E-state index in [0.29, 0.717) is 11.4 Å². The zero-order valence-electron chi connectivity index (χ0n) is 15.5. The van der Waals surface area contributed by atoms with Crippen LogP contribution in [0.4, 0.5) is 0 Å². The number of hydrogen-bond donors (Lipinski definition) is 0. The van der Waals surface area contributed by atoms with Gasteiger partial charge in [0.2, 0.25) is 0 Å². The zero-order chi connectivity index (χ0) is 19.4. The van der Waals surface area contributed by atoms with Gasteiger partial charge in [0.05, 0.1) is 7.11 Å². The van der Waals surface area contributed by atoms with Gasteiger partial charge in [-0.1, -0.05) is 18.2 Å². The van der Waals surface area contributed by atoms with Crippen LogP contribution in [-0.2, 0) is 16.1 Å². The van der Waals surface area contributed by atoms with Crippen LogP contribution in [-0.4, -0.2) is 37.5 Å². The lowest BCUT2D eigenvalue weighted by Gasteiger charge is -2.17. The van der Waals surface area contributed by atoms with Crippen molar-refractivity contribution in [1.29, 1.82) is 0 Å². The Balaban J connectivity index is 1.59. The minimum absolute atomic E-state index is 0.244.